The number of para-hydroxylation sites is 2. The topological polar surface area (TPSA) is 79.5 Å². The highest BCUT2D eigenvalue weighted by Crippen LogP contribution is 2.24. The number of rotatable bonds is 7. The molecule has 0 aliphatic carbocycles. The lowest BCUT2D eigenvalue weighted by Crippen LogP contribution is -2.22. The van der Waals surface area contributed by atoms with Gasteiger partial charge in [0.15, 0.2) is 0 Å². The Morgan fingerprint density at radius 3 is 2.36 bits per heavy atom. The number of hydrogen-bond acceptors (Lipinski definition) is 4. The third-order valence-corrected chi connectivity index (χ3v) is 3.35. The lowest BCUT2D eigenvalue weighted by atomic mass is 10.2. The molecule has 132 valence electrons. The van der Waals surface area contributed by atoms with Gasteiger partial charge in [-0.2, -0.15) is 0 Å². The third-order valence-electron chi connectivity index (χ3n) is 3.35. The third kappa shape index (κ3) is 5.53. The van der Waals surface area contributed by atoms with E-state index in [9.17, 15) is 9.59 Å². The normalized spacial score (nSPS) is 10.2. The van der Waals surface area contributed by atoms with Crippen molar-refractivity contribution >= 4 is 23.2 Å². The molecule has 25 heavy (non-hydrogen) atoms. The standard InChI is InChI=1S/C19H23N3O3/c1-13(2)25-17-7-5-4-6-16(17)22-18(23)12-21-15-10-8-14(9-11-15)19(24)20-3/h4-11,13,21H,12H2,1-3H3,(H,20,24)(H,22,23). The molecule has 2 amide bonds. The molecule has 0 aliphatic heterocycles. The van der Waals surface area contributed by atoms with Gasteiger partial charge < -0.3 is 20.7 Å². The molecule has 0 saturated heterocycles. The zero-order valence-corrected chi connectivity index (χ0v) is 14.6. The highest BCUT2D eigenvalue weighted by atomic mass is 16.5. The van der Waals surface area contributed by atoms with Crippen molar-refractivity contribution in [2.75, 3.05) is 24.2 Å². The average Bonchev–Trinajstić information content (AvgIpc) is 2.61. The molecule has 0 fully saturated rings. The highest BCUT2D eigenvalue weighted by Gasteiger charge is 2.09. The van der Waals surface area contributed by atoms with Crippen molar-refractivity contribution in [3.05, 3.63) is 54.1 Å². The molecule has 0 atom stereocenters. The van der Waals surface area contributed by atoms with Gasteiger partial charge in [-0.1, -0.05) is 12.1 Å². The lowest BCUT2D eigenvalue weighted by Gasteiger charge is -2.15. The van der Waals surface area contributed by atoms with Crippen molar-refractivity contribution in [2.24, 2.45) is 0 Å². The number of hydrogen-bond donors (Lipinski definition) is 3. The van der Waals surface area contributed by atoms with E-state index in [0.717, 1.165) is 5.69 Å². The van der Waals surface area contributed by atoms with Gasteiger partial charge in [-0.15, -0.1) is 0 Å². The van der Waals surface area contributed by atoms with Gasteiger partial charge in [0.1, 0.15) is 5.75 Å². The summed E-state index contributed by atoms with van der Waals surface area (Å²) >= 11 is 0. The zero-order valence-electron chi connectivity index (χ0n) is 14.6. The van der Waals surface area contributed by atoms with Crippen LogP contribution in [-0.4, -0.2) is 31.5 Å². The van der Waals surface area contributed by atoms with Crippen molar-refractivity contribution in [2.45, 2.75) is 20.0 Å². The van der Waals surface area contributed by atoms with Gasteiger partial charge in [-0.25, -0.2) is 0 Å². The minimum absolute atomic E-state index is 0.0232. The quantitative estimate of drug-likeness (QED) is 0.723. The molecule has 0 unspecified atom stereocenters. The summed E-state index contributed by atoms with van der Waals surface area (Å²) in [6.45, 7) is 3.97. The molecule has 2 rings (SSSR count). The van der Waals surface area contributed by atoms with Crippen molar-refractivity contribution in [1.82, 2.24) is 5.32 Å². The van der Waals surface area contributed by atoms with Crippen LogP contribution in [0.2, 0.25) is 0 Å². The second kappa shape index (κ2) is 8.73. The van der Waals surface area contributed by atoms with E-state index in [-0.39, 0.29) is 24.5 Å². The van der Waals surface area contributed by atoms with Crippen LogP contribution in [0.5, 0.6) is 5.75 Å². The zero-order chi connectivity index (χ0) is 18.2. The van der Waals surface area contributed by atoms with Gasteiger partial charge in [0.25, 0.3) is 5.91 Å². The summed E-state index contributed by atoms with van der Waals surface area (Å²) in [6.07, 6.45) is 0.0232. The van der Waals surface area contributed by atoms with E-state index >= 15 is 0 Å². The maximum absolute atomic E-state index is 12.2. The molecule has 0 heterocycles. The monoisotopic (exact) mass is 341 g/mol. The molecule has 6 heteroatoms. The average molecular weight is 341 g/mol. The van der Waals surface area contributed by atoms with Gasteiger partial charge in [0.05, 0.1) is 18.3 Å². The van der Waals surface area contributed by atoms with Crippen LogP contribution < -0.4 is 20.7 Å². The van der Waals surface area contributed by atoms with Crippen LogP contribution in [0, 0.1) is 0 Å². The molecule has 0 saturated carbocycles. The van der Waals surface area contributed by atoms with E-state index in [0.29, 0.717) is 17.0 Å². The van der Waals surface area contributed by atoms with Gasteiger partial charge in [0, 0.05) is 18.3 Å². The molecular weight excluding hydrogens is 318 g/mol. The predicted molar refractivity (Wildman–Crippen MR) is 99.2 cm³/mol. The molecule has 0 radical (unpaired) electrons. The fourth-order valence-electron chi connectivity index (χ4n) is 2.19. The van der Waals surface area contributed by atoms with Crippen LogP contribution in [0.25, 0.3) is 0 Å². The predicted octanol–water partition coefficient (Wildman–Crippen LogP) is 2.88. The first-order chi connectivity index (χ1) is 12.0. The van der Waals surface area contributed by atoms with Gasteiger partial charge in [-0.05, 0) is 50.2 Å². The number of carbonyl (C=O) groups excluding carboxylic acids is 2. The second-order valence-corrected chi connectivity index (χ2v) is 5.72. The Kier molecular flexibility index (Phi) is 6.39. The van der Waals surface area contributed by atoms with Gasteiger partial charge in [-0.3, -0.25) is 9.59 Å². The lowest BCUT2D eigenvalue weighted by molar-refractivity contribution is -0.114. The van der Waals surface area contributed by atoms with Crippen LogP contribution in [0.4, 0.5) is 11.4 Å². The number of carbonyl (C=O) groups is 2. The molecular formula is C19H23N3O3. The number of ether oxygens (including phenoxy) is 1. The summed E-state index contributed by atoms with van der Waals surface area (Å²) in [5.74, 6) is 0.307. The van der Waals surface area contributed by atoms with E-state index < -0.39 is 0 Å². The Morgan fingerprint density at radius 2 is 1.72 bits per heavy atom. The number of nitrogens with one attached hydrogen (secondary N) is 3. The molecule has 0 aromatic heterocycles. The number of anilines is 2. The van der Waals surface area contributed by atoms with Crippen LogP contribution in [0.1, 0.15) is 24.2 Å². The maximum atomic E-state index is 12.2. The summed E-state index contributed by atoms with van der Waals surface area (Å²) in [5.41, 5.74) is 1.96. The maximum Gasteiger partial charge on any atom is 0.251 e. The van der Waals surface area contributed by atoms with Crippen molar-refractivity contribution < 1.29 is 14.3 Å². The second-order valence-electron chi connectivity index (χ2n) is 5.72. The Hall–Kier alpha value is -3.02. The minimum atomic E-state index is -0.185. The fourth-order valence-corrected chi connectivity index (χ4v) is 2.19. The summed E-state index contributed by atoms with van der Waals surface area (Å²) in [6, 6.07) is 14.2. The van der Waals surface area contributed by atoms with E-state index in [1.165, 1.54) is 0 Å². The van der Waals surface area contributed by atoms with Crippen LogP contribution in [0.3, 0.4) is 0 Å². The fraction of sp³-hybridized carbons (Fsp3) is 0.263. The van der Waals surface area contributed by atoms with Crippen molar-refractivity contribution in [1.29, 1.82) is 0 Å². The highest BCUT2D eigenvalue weighted by molar-refractivity contribution is 5.96. The summed E-state index contributed by atoms with van der Waals surface area (Å²) < 4.78 is 5.68. The summed E-state index contributed by atoms with van der Waals surface area (Å²) in [7, 11) is 1.58. The Bertz CT molecular complexity index is 727. The molecule has 0 bridgehead atoms. The van der Waals surface area contributed by atoms with Gasteiger partial charge in [0.2, 0.25) is 5.91 Å². The smallest absolute Gasteiger partial charge is 0.251 e. The number of benzene rings is 2. The minimum Gasteiger partial charge on any atom is -0.489 e. The van der Waals surface area contributed by atoms with Crippen LogP contribution in [0.15, 0.2) is 48.5 Å². The Balaban J connectivity index is 1.92. The van der Waals surface area contributed by atoms with Crippen LogP contribution in [-0.2, 0) is 4.79 Å². The molecule has 2 aromatic rings. The first-order valence-corrected chi connectivity index (χ1v) is 8.11. The Morgan fingerprint density at radius 1 is 1.04 bits per heavy atom. The van der Waals surface area contributed by atoms with Crippen molar-refractivity contribution in [3.63, 3.8) is 0 Å². The molecule has 3 N–H and O–H groups in total. The van der Waals surface area contributed by atoms with E-state index in [2.05, 4.69) is 16.0 Å². The van der Waals surface area contributed by atoms with E-state index in [1.54, 1.807) is 37.4 Å². The Labute approximate surface area is 147 Å². The SMILES string of the molecule is CNC(=O)c1ccc(NCC(=O)Nc2ccccc2OC(C)C)cc1. The van der Waals surface area contributed by atoms with E-state index in [4.69, 9.17) is 4.74 Å². The van der Waals surface area contributed by atoms with Crippen LogP contribution >= 0.6 is 0 Å². The molecule has 0 spiro atoms. The molecule has 2 aromatic carbocycles. The number of amides is 2. The first kappa shape index (κ1) is 18.3. The summed E-state index contributed by atoms with van der Waals surface area (Å²) in [4.78, 5) is 23.6. The van der Waals surface area contributed by atoms with Crippen molar-refractivity contribution in [3.8, 4) is 5.75 Å². The van der Waals surface area contributed by atoms with E-state index in [1.807, 2.05) is 32.0 Å². The molecule has 0 aliphatic rings. The largest absolute Gasteiger partial charge is 0.489 e. The van der Waals surface area contributed by atoms with Gasteiger partial charge >= 0.3 is 0 Å². The summed E-state index contributed by atoms with van der Waals surface area (Å²) in [5, 5.41) is 8.42. The molecule has 6 nitrogen and oxygen atoms in total. The first-order valence-electron chi connectivity index (χ1n) is 8.11.